The monoisotopic (exact) mass is 280 g/mol. The Morgan fingerprint density at radius 1 is 1.32 bits per heavy atom. The van der Waals surface area contributed by atoms with Gasteiger partial charge in [-0.25, -0.2) is 4.39 Å². The SMILES string of the molecule is CNC(c1ccc(Cl)cn1)c1cc(F)ccc1OC. The number of ether oxygens (including phenoxy) is 1. The van der Waals surface area contributed by atoms with Crippen LogP contribution in [0.1, 0.15) is 17.3 Å². The highest BCUT2D eigenvalue weighted by atomic mass is 35.5. The van der Waals surface area contributed by atoms with E-state index in [1.54, 1.807) is 38.6 Å². The van der Waals surface area contributed by atoms with Gasteiger partial charge in [0, 0.05) is 11.8 Å². The first-order chi connectivity index (χ1) is 9.15. The molecule has 0 fully saturated rings. The van der Waals surface area contributed by atoms with E-state index in [1.807, 2.05) is 0 Å². The zero-order chi connectivity index (χ0) is 13.8. The van der Waals surface area contributed by atoms with Crippen molar-refractivity contribution in [3.8, 4) is 5.75 Å². The topological polar surface area (TPSA) is 34.2 Å². The fourth-order valence-corrected chi connectivity index (χ4v) is 2.06. The molecule has 2 rings (SSSR count). The smallest absolute Gasteiger partial charge is 0.124 e. The maximum atomic E-state index is 13.4. The lowest BCUT2D eigenvalue weighted by atomic mass is 10.0. The van der Waals surface area contributed by atoms with E-state index in [-0.39, 0.29) is 11.9 Å². The molecule has 19 heavy (non-hydrogen) atoms. The van der Waals surface area contributed by atoms with Gasteiger partial charge in [-0.1, -0.05) is 11.6 Å². The highest BCUT2D eigenvalue weighted by molar-refractivity contribution is 6.30. The standard InChI is InChI=1S/C14H14ClFN2O/c1-17-14(12-5-3-9(15)8-18-12)11-7-10(16)4-6-13(11)19-2/h3-8,14,17H,1-2H3. The summed E-state index contributed by atoms with van der Waals surface area (Å²) in [4.78, 5) is 4.26. The lowest BCUT2D eigenvalue weighted by Crippen LogP contribution is -2.19. The molecule has 5 heteroatoms. The van der Waals surface area contributed by atoms with Crippen LogP contribution in [0.5, 0.6) is 5.75 Å². The Balaban J connectivity index is 2.47. The first-order valence-corrected chi connectivity index (χ1v) is 6.15. The van der Waals surface area contributed by atoms with Gasteiger partial charge in [-0.15, -0.1) is 0 Å². The van der Waals surface area contributed by atoms with Gasteiger partial charge in [-0.2, -0.15) is 0 Å². The summed E-state index contributed by atoms with van der Waals surface area (Å²) in [7, 11) is 3.34. The summed E-state index contributed by atoms with van der Waals surface area (Å²) in [5.41, 5.74) is 1.44. The van der Waals surface area contributed by atoms with Crippen LogP contribution >= 0.6 is 11.6 Å². The highest BCUT2D eigenvalue weighted by Gasteiger charge is 2.18. The number of nitrogens with one attached hydrogen (secondary N) is 1. The molecule has 0 amide bonds. The van der Waals surface area contributed by atoms with Crippen molar-refractivity contribution >= 4 is 11.6 Å². The fraction of sp³-hybridized carbons (Fsp3) is 0.214. The number of nitrogens with zero attached hydrogens (tertiary/aromatic N) is 1. The first kappa shape index (κ1) is 13.8. The van der Waals surface area contributed by atoms with Gasteiger partial charge in [0.1, 0.15) is 11.6 Å². The van der Waals surface area contributed by atoms with Crippen LogP contribution in [-0.2, 0) is 0 Å². The number of rotatable bonds is 4. The summed E-state index contributed by atoms with van der Waals surface area (Å²) in [6.45, 7) is 0. The van der Waals surface area contributed by atoms with Crippen molar-refractivity contribution in [1.29, 1.82) is 0 Å². The minimum atomic E-state index is -0.315. The number of hydrogen-bond acceptors (Lipinski definition) is 3. The molecule has 1 atom stereocenters. The third-order valence-corrected chi connectivity index (χ3v) is 3.06. The van der Waals surface area contributed by atoms with Gasteiger partial charge in [-0.05, 0) is 37.4 Å². The molecule has 0 radical (unpaired) electrons. The van der Waals surface area contributed by atoms with Crippen LogP contribution in [0.3, 0.4) is 0 Å². The minimum Gasteiger partial charge on any atom is -0.496 e. The molecule has 3 nitrogen and oxygen atoms in total. The molecule has 1 aromatic carbocycles. The summed E-state index contributed by atoms with van der Waals surface area (Å²) in [5.74, 6) is 0.294. The molecule has 0 bridgehead atoms. The maximum absolute atomic E-state index is 13.4. The minimum absolute atomic E-state index is 0.261. The molecule has 0 saturated heterocycles. The molecule has 1 N–H and O–H groups in total. The molecular weight excluding hydrogens is 267 g/mol. The molecule has 0 aliphatic carbocycles. The van der Waals surface area contributed by atoms with E-state index in [0.29, 0.717) is 16.3 Å². The molecule has 1 unspecified atom stereocenters. The highest BCUT2D eigenvalue weighted by Crippen LogP contribution is 2.29. The Hall–Kier alpha value is -1.65. The lowest BCUT2D eigenvalue weighted by Gasteiger charge is -2.19. The quantitative estimate of drug-likeness (QED) is 0.934. The zero-order valence-electron chi connectivity index (χ0n) is 10.7. The second kappa shape index (κ2) is 5.99. The van der Waals surface area contributed by atoms with Crippen LogP contribution in [0.25, 0.3) is 0 Å². The molecule has 1 aromatic heterocycles. The van der Waals surface area contributed by atoms with Gasteiger partial charge in [0.15, 0.2) is 0 Å². The normalized spacial score (nSPS) is 12.2. The predicted octanol–water partition coefficient (Wildman–Crippen LogP) is 3.19. The number of benzene rings is 1. The van der Waals surface area contributed by atoms with Gasteiger partial charge in [0.25, 0.3) is 0 Å². The Labute approximate surface area is 116 Å². The number of aromatic nitrogens is 1. The van der Waals surface area contributed by atoms with Crippen LogP contribution < -0.4 is 10.1 Å². The summed E-state index contributed by atoms with van der Waals surface area (Å²) in [5, 5.41) is 3.66. The van der Waals surface area contributed by atoms with Crippen molar-refractivity contribution in [2.24, 2.45) is 0 Å². The third-order valence-electron chi connectivity index (χ3n) is 2.84. The summed E-state index contributed by atoms with van der Waals surface area (Å²) >= 11 is 5.82. The summed E-state index contributed by atoms with van der Waals surface area (Å²) in [6.07, 6.45) is 1.56. The van der Waals surface area contributed by atoms with Gasteiger partial charge < -0.3 is 10.1 Å². The number of pyridine rings is 1. The predicted molar refractivity (Wildman–Crippen MR) is 73.1 cm³/mol. The lowest BCUT2D eigenvalue weighted by molar-refractivity contribution is 0.403. The van der Waals surface area contributed by atoms with Crippen molar-refractivity contribution < 1.29 is 9.13 Å². The van der Waals surface area contributed by atoms with E-state index in [2.05, 4.69) is 10.3 Å². The molecule has 100 valence electrons. The van der Waals surface area contributed by atoms with E-state index in [1.165, 1.54) is 12.1 Å². The second-order valence-corrected chi connectivity index (χ2v) is 4.45. The van der Waals surface area contributed by atoms with E-state index >= 15 is 0 Å². The Morgan fingerprint density at radius 2 is 2.11 bits per heavy atom. The van der Waals surface area contributed by atoms with Crippen molar-refractivity contribution in [2.45, 2.75) is 6.04 Å². The van der Waals surface area contributed by atoms with Gasteiger partial charge in [-0.3, -0.25) is 4.98 Å². The molecule has 2 aromatic rings. The van der Waals surface area contributed by atoms with Crippen molar-refractivity contribution in [1.82, 2.24) is 10.3 Å². The van der Waals surface area contributed by atoms with E-state index in [9.17, 15) is 4.39 Å². The Kier molecular flexibility index (Phi) is 4.35. The molecule has 0 spiro atoms. The fourth-order valence-electron chi connectivity index (χ4n) is 1.95. The van der Waals surface area contributed by atoms with Gasteiger partial charge in [0.05, 0.1) is 23.9 Å². The van der Waals surface area contributed by atoms with Crippen LogP contribution in [0, 0.1) is 5.82 Å². The van der Waals surface area contributed by atoms with Crippen LogP contribution in [0.2, 0.25) is 5.02 Å². The van der Waals surface area contributed by atoms with E-state index in [0.717, 1.165) is 5.69 Å². The van der Waals surface area contributed by atoms with Gasteiger partial charge in [0.2, 0.25) is 0 Å². The number of methoxy groups -OCH3 is 1. The molecule has 0 saturated carbocycles. The summed E-state index contributed by atoms with van der Waals surface area (Å²) in [6, 6.07) is 7.70. The average Bonchev–Trinajstić information content (AvgIpc) is 2.42. The largest absolute Gasteiger partial charge is 0.496 e. The Morgan fingerprint density at radius 3 is 2.68 bits per heavy atom. The second-order valence-electron chi connectivity index (χ2n) is 4.01. The Bertz CT molecular complexity index is 560. The van der Waals surface area contributed by atoms with Crippen molar-refractivity contribution in [2.75, 3.05) is 14.2 Å². The first-order valence-electron chi connectivity index (χ1n) is 5.78. The molecular formula is C14H14ClFN2O. The zero-order valence-corrected chi connectivity index (χ0v) is 11.4. The molecule has 0 aliphatic heterocycles. The summed E-state index contributed by atoms with van der Waals surface area (Å²) < 4.78 is 18.7. The number of hydrogen-bond donors (Lipinski definition) is 1. The van der Waals surface area contributed by atoms with Crippen molar-refractivity contribution in [3.63, 3.8) is 0 Å². The molecule has 1 heterocycles. The van der Waals surface area contributed by atoms with E-state index in [4.69, 9.17) is 16.3 Å². The van der Waals surface area contributed by atoms with Crippen LogP contribution in [0.4, 0.5) is 4.39 Å². The maximum Gasteiger partial charge on any atom is 0.124 e. The van der Waals surface area contributed by atoms with E-state index < -0.39 is 0 Å². The van der Waals surface area contributed by atoms with Crippen LogP contribution in [-0.4, -0.2) is 19.1 Å². The van der Waals surface area contributed by atoms with Crippen LogP contribution in [0.15, 0.2) is 36.5 Å². The number of halogens is 2. The average molecular weight is 281 g/mol. The van der Waals surface area contributed by atoms with Crippen molar-refractivity contribution in [3.05, 3.63) is 58.6 Å². The molecule has 0 aliphatic rings. The third kappa shape index (κ3) is 3.03. The van der Waals surface area contributed by atoms with Gasteiger partial charge >= 0.3 is 0 Å².